The normalized spacial score (nSPS) is 18.5. The fourth-order valence-electron chi connectivity index (χ4n) is 2.12. The number of benzene rings is 1. The molecule has 1 nitrogen and oxygen atoms in total. The number of hydrogen-bond acceptors (Lipinski definition) is 1. The Balaban J connectivity index is 2.08. The van der Waals surface area contributed by atoms with E-state index in [2.05, 4.69) is 45.0 Å². The van der Waals surface area contributed by atoms with Crippen molar-refractivity contribution in [1.82, 2.24) is 0 Å². The van der Waals surface area contributed by atoms with Gasteiger partial charge in [-0.25, -0.2) is 0 Å². The maximum absolute atomic E-state index is 9.30. The van der Waals surface area contributed by atoms with Crippen LogP contribution in [0.5, 0.6) is 0 Å². The van der Waals surface area contributed by atoms with Crippen LogP contribution in [0.25, 0.3) is 0 Å². The minimum atomic E-state index is 0.225. The van der Waals surface area contributed by atoms with Crippen LogP contribution in [0.15, 0.2) is 24.3 Å². The topological polar surface area (TPSA) is 20.2 Å². The Kier molecular flexibility index (Phi) is 2.83. The van der Waals surface area contributed by atoms with Crippen molar-refractivity contribution < 1.29 is 5.11 Å². The monoisotopic (exact) mass is 218 g/mol. The summed E-state index contributed by atoms with van der Waals surface area (Å²) in [5.41, 5.74) is 3.19. The summed E-state index contributed by atoms with van der Waals surface area (Å²) < 4.78 is 0. The molecule has 0 radical (unpaired) electrons. The number of aliphatic hydroxyl groups excluding tert-OH is 1. The SMILES string of the molecule is CC(C)(C)c1ccc(CC2(CO)CC2)cc1. The molecule has 0 atom stereocenters. The molecule has 1 aromatic rings. The lowest BCUT2D eigenvalue weighted by atomic mass is 9.86. The van der Waals surface area contributed by atoms with E-state index >= 15 is 0 Å². The molecule has 1 saturated carbocycles. The van der Waals surface area contributed by atoms with E-state index in [4.69, 9.17) is 0 Å². The van der Waals surface area contributed by atoms with E-state index in [9.17, 15) is 5.11 Å². The molecule has 1 aliphatic rings. The van der Waals surface area contributed by atoms with Crippen molar-refractivity contribution >= 4 is 0 Å². The van der Waals surface area contributed by atoms with E-state index in [1.54, 1.807) is 0 Å². The highest BCUT2D eigenvalue weighted by Gasteiger charge is 2.41. The minimum Gasteiger partial charge on any atom is -0.396 e. The van der Waals surface area contributed by atoms with Gasteiger partial charge in [0.25, 0.3) is 0 Å². The second-order valence-electron chi connectivity index (χ2n) is 6.28. The van der Waals surface area contributed by atoms with Crippen molar-refractivity contribution in [3.8, 4) is 0 Å². The third kappa shape index (κ3) is 2.46. The van der Waals surface area contributed by atoms with E-state index in [0.717, 1.165) is 6.42 Å². The first-order chi connectivity index (χ1) is 7.45. The maximum Gasteiger partial charge on any atom is 0.0490 e. The Morgan fingerprint density at radius 3 is 2.06 bits per heavy atom. The van der Waals surface area contributed by atoms with E-state index in [1.165, 1.54) is 24.0 Å². The van der Waals surface area contributed by atoms with Crippen molar-refractivity contribution in [1.29, 1.82) is 0 Å². The molecule has 16 heavy (non-hydrogen) atoms. The van der Waals surface area contributed by atoms with Crippen LogP contribution in [0.4, 0.5) is 0 Å². The third-order valence-corrected chi connectivity index (χ3v) is 3.69. The molecular weight excluding hydrogens is 196 g/mol. The molecule has 0 spiro atoms. The zero-order valence-electron chi connectivity index (χ0n) is 10.6. The van der Waals surface area contributed by atoms with E-state index in [1.807, 2.05) is 0 Å². The lowest BCUT2D eigenvalue weighted by molar-refractivity contribution is 0.211. The van der Waals surface area contributed by atoms with Crippen molar-refractivity contribution in [3.63, 3.8) is 0 Å². The van der Waals surface area contributed by atoms with Crippen molar-refractivity contribution in [3.05, 3.63) is 35.4 Å². The summed E-state index contributed by atoms with van der Waals surface area (Å²) in [6, 6.07) is 8.89. The van der Waals surface area contributed by atoms with Crippen LogP contribution in [-0.4, -0.2) is 11.7 Å². The number of aliphatic hydroxyl groups is 1. The third-order valence-electron chi connectivity index (χ3n) is 3.69. The van der Waals surface area contributed by atoms with Crippen molar-refractivity contribution in [2.45, 2.75) is 45.4 Å². The summed E-state index contributed by atoms with van der Waals surface area (Å²) >= 11 is 0. The molecule has 0 heterocycles. The molecule has 0 saturated heterocycles. The zero-order valence-corrected chi connectivity index (χ0v) is 10.6. The standard InChI is InChI=1S/C15H22O/c1-14(2,3)13-6-4-12(5-7-13)10-15(11-16)8-9-15/h4-7,16H,8-11H2,1-3H3. The highest BCUT2D eigenvalue weighted by Crippen LogP contribution is 2.47. The van der Waals surface area contributed by atoms with E-state index in [0.29, 0.717) is 6.61 Å². The zero-order chi connectivity index (χ0) is 11.8. The Morgan fingerprint density at radius 2 is 1.69 bits per heavy atom. The van der Waals surface area contributed by atoms with Gasteiger partial charge >= 0.3 is 0 Å². The molecule has 1 aliphatic carbocycles. The molecule has 1 N–H and O–H groups in total. The van der Waals surface area contributed by atoms with Crippen molar-refractivity contribution in [2.75, 3.05) is 6.61 Å². The smallest absolute Gasteiger partial charge is 0.0490 e. The summed E-state index contributed by atoms with van der Waals surface area (Å²) in [5, 5.41) is 9.30. The molecule has 1 heteroatoms. The van der Waals surface area contributed by atoms with Crippen LogP contribution in [0.2, 0.25) is 0 Å². The van der Waals surface area contributed by atoms with Crippen LogP contribution in [0.1, 0.15) is 44.7 Å². The average Bonchev–Trinajstić information content (AvgIpc) is 2.98. The predicted molar refractivity (Wildman–Crippen MR) is 67.6 cm³/mol. The molecule has 1 fully saturated rings. The minimum absolute atomic E-state index is 0.225. The Bertz CT molecular complexity index is 352. The van der Waals surface area contributed by atoms with Gasteiger partial charge in [0.2, 0.25) is 0 Å². The summed E-state index contributed by atoms with van der Waals surface area (Å²) in [6.07, 6.45) is 3.41. The molecular formula is C15H22O. The highest BCUT2D eigenvalue weighted by atomic mass is 16.3. The summed E-state index contributed by atoms with van der Waals surface area (Å²) in [6.45, 7) is 7.04. The lowest BCUT2D eigenvalue weighted by Gasteiger charge is -2.19. The molecule has 0 aromatic heterocycles. The number of hydrogen-bond donors (Lipinski definition) is 1. The van der Waals surface area contributed by atoms with Crippen LogP contribution < -0.4 is 0 Å². The Morgan fingerprint density at radius 1 is 1.12 bits per heavy atom. The highest BCUT2D eigenvalue weighted by molar-refractivity contribution is 5.28. The summed E-state index contributed by atoms with van der Waals surface area (Å²) in [7, 11) is 0. The molecule has 1 aromatic carbocycles. The van der Waals surface area contributed by atoms with Gasteiger partial charge in [-0.3, -0.25) is 0 Å². The average molecular weight is 218 g/mol. The van der Waals surface area contributed by atoms with Gasteiger partial charge < -0.3 is 5.11 Å². The molecule has 0 aliphatic heterocycles. The van der Waals surface area contributed by atoms with Gasteiger partial charge in [-0.2, -0.15) is 0 Å². The largest absolute Gasteiger partial charge is 0.396 e. The molecule has 88 valence electrons. The van der Waals surface area contributed by atoms with Gasteiger partial charge in [0.05, 0.1) is 0 Å². The number of rotatable bonds is 3. The van der Waals surface area contributed by atoms with Gasteiger partial charge in [-0.1, -0.05) is 45.0 Å². The summed E-state index contributed by atoms with van der Waals surface area (Å²) in [4.78, 5) is 0. The van der Waals surface area contributed by atoms with Gasteiger partial charge in [0.15, 0.2) is 0 Å². The quantitative estimate of drug-likeness (QED) is 0.825. The Hall–Kier alpha value is -0.820. The van der Waals surface area contributed by atoms with Gasteiger partial charge in [-0.15, -0.1) is 0 Å². The molecule has 0 bridgehead atoms. The first kappa shape index (κ1) is 11.7. The van der Waals surface area contributed by atoms with Gasteiger partial charge in [0, 0.05) is 6.61 Å². The van der Waals surface area contributed by atoms with E-state index in [-0.39, 0.29) is 10.8 Å². The van der Waals surface area contributed by atoms with Crippen LogP contribution >= 0.6 is 0 Å². The Labute approximate surface area is 98.5 Å². The van der Waals surface area contributed by atoms with Crippen LogP contribution in [0.3, 0.4) is 0 Å². The second kappa shape index (κ2) is 3.89. The lowest BCUT2D eigenvalue weighted by Crippen LogP contribution is -2.12. The molecule has 0 unspecified atom stereocenters. The molecule has 0 amide bonds. The first-order valence-corrected chi connectivity index (χ1v) is 6.16. The fraction of sp³-hybridized carbons (Fsp3) is 0.600. The van der Waals surface area contributed by atoms with Crippen LogP contribution in [-0.2, 0) is 11.8 Å². The first-order valence-electron chi connectivity index (χ1n) is 6.16. The van der Waals surface area contributed by atoms with Gasteiger partial charge in [-0.05, 0) is 41.2 Å². The summed E-state index contributed by atoms with van der Waals surface area (Å²) in [5.74, 6) is 0. The van der Waals surface area contributed by atoms with Crippen molar-refractivity contribution in [2.24, 2.45) is 5.41 Å². The second-order valence-corrected chi connectivity index (χ2v) is 6.28. The predicted octanol–water partition coefficient (Wildman–Crippen LogP) is 3.30. The van der Waals surface area contributed by atoms with Gasteiger partial charge in [0.1, 0.15) is 0 Å². The maximum atomic E-state index is 9.30. The van der Waals surface area contributed by atoms with E-state index < -0.39 is 0 Å². The fourth-order valence-corrected chi connectivity index (χ4v) is 2.12. The molecule has 2 rings (SSSR count). The van der Waals surface area contributed by atoms with Crippen LogP contribution in [0, 0.1) is 5.41 Å².